The Morgan fingerprint density at radius 1 is 1.20 bits per heavy atom. The van der Waals surface area contributed by atoms with E-state index in [4.69, 9.17) is 4.74 Å². The van der Waals surface area contributed by atoms with Crippen LogP contribution in [-0.2, 0) is 4.74 Å². The van der Waals surface area contributed by atoms with Crippen molar-refractivity contribution in [3.8, 4) is 0 Å². The van der Waals surface area contributed by atoms with Crippen LogP contribution in [0.25, 0.3) is 0 Å². The van der Waals surface area contributed by atoms with Crippen LogP contribution in [0, 0.1) is 12.8 Å². The van der Waals surface area contributed by atoms with Crippen molar-refractivity contribution in [2.75, 3.05) is 13.1 Å². The molecule has 0 radical (unpaired) electrons. The minimum Gasteiger partial charge on any atom is -0.366 e. The summed E-state index contributed by atoms with van der Waals surface area (Å²) in [7, 11) is 0. The van der Waals surface area contributed by atoms with Gasteiger partial charge in [0.25, 0.3) is 5.91 Å². The van der Waals surface area contributed by atoms with Gasteiger partial charge in [0.2, 0.25) is 5.56 Å². The van der Waals surface area contributed by atoms with Gasteiger partial charge in [0.1, 0.15) is 6.10 Å². The van der Waals surface area contributed by atoms with Crippen LogP contribution in [-0.4, -0.2) is 35.0 Å². The highest BCUT2D eigenvalue weighted by atomic mass is 16.5. The van der Waals surface area contributed by atoms with Gasteiger partial charge in [-0.15, -0.1) is 0 Å². The molecule has 25 heavy (non-hydrogen) atoms. The molecule has 132 valence electrons. The first-order valence-electron chi connectivity index (χ1n) is 8.64. The van der Waals surface area contributed by atoms with Gasteiger partial charge in [-0.25, -0.2) is 0 Å². The van der Waals surface area contributed by atoms with Gasteiger partial charge in [-0.1, -0.05) is 44.2 Å². The minimum absolute atomic E-state index is 0.0361. The van der Waals surface area contributed by atoms with Crippen molar-refractivity contribution in [1.82, 2.24) is 9.88 Å². The van der Waals surface area contributed by atoms with E-state index in [1.54, 1.807) is 17.9 Å². The fourth-order valence-electron chi connectivity index (χ4n) is 3.16. The summed E-state index contributed by atoms with van der Waals surface area (Å²) in [5.74, 6) is 0.173. The molecule has 0 saturated carbocycles. The number of nitrogens with zero attached hydrogens (tertiary/aromatic N) is 1. The molecule has 1 aromatic heterocycles. The lowest BCUT2D eigenvalue weighted by molar-refractivity contribution is -0.0954. The number of nitrogens with one attached hydrogen (secondary N) is 1. The molecule has 1 N–H and O–H groups in total. The highest BCUT2D eigenvalue weighted by Crippen LogP contribution is 2.28. The van der Waals surface area contributed by atoms with Crippen molar-refractivity contribution in [2.24, 2.45) is 5.92 Å². The first-order chi connectivity index (χ1) is 11.9. The Labute approximate surface area is 147 Å². The minimum atomic E-state index is -0.253. The van der Waals surface area contributed by atoms with E-state index in [2.05, 4.69) is 18.8 Å². The van der Waals surface area contributed by atoms with Crippen LogP contribution in [0.5, 0.6) is 0 Å². The van der Waals surface area contributed by atoms with Crippen molar-refractivity contribution in [1.29, 1.82) is 0 Å². The normalized spacial score (nSPS) is 20.7. The van der Waals surface area contributed by atoms with Gasteiger partial charge in [-0.05, 0) is 24.5 Å². The van der Waals surface area contributed by atoms with Crippen molar-refractivity contribution in [3.63, 3.8) is 0 Å². The lowest BCUT2D eigenvalue weighted by atomic mass is 10.0. The summed E-state index contributed by atoms with van der Waals surface area (Å²) in [6.45, 7) is 6.99. The van der Waals surface area contributed by atoms with Gasteiger partial charge in [0.05, 0.1) is 12.6 Å². The number of hydrogen-bond donors (Lipinski definition) is 1. The average Bonchev–Trinajstić information content (AvgIpc) is 2.60. The molecule has 0 aliphatic carbocycles. The number of aromatic nitrogens is 1. The molecule has 1 amide bonds. The zero-order valence-corrected chi connectivity index (χ0v) is 14.9. The molecule has 5 heteroatoms. The van der Waals surface area contributed by atoms with Crippen molar-refractivity contribution >= 4 is 5.91 Å². The summed E-state index contributed by atoms with van der Waals surface area (Å²) in [5, 5.41) is 0. The van der Waals surface area contributed by atoms with Gasteiger partial charge in [-0.3, -0.25) is 9.59 Å². The van der Waals surface area contributed by atoms with Crippen molar-refractivity contribution in [3.05, 3.63) is 69.6 Å². The number of aromatic amines is 1. The van der Waals surface area contributed by atoms with E-state index in [1.165, 1.54) is 6.07 Å². The second kappa shape index (κ2) is 7.23. The third kappa shape index (κ3) is 3.99. The number of rotatable bonds is 3. The molecule has 1 aromatic carbocycles. The molecule has 1 aliphatic heterocycles. The van der Waals surface area contributed by atoms with E-state index in [0.29, 0.717) is 30.3 Å². The molecule has 1 aliphatic rings. The van der Waals surface area contributed by atoms with Crippen LogP contribution < -0.4 is 5.56 Å². The van der Waals surface area contributed by atoms with Gasteiger partial charge < -0.3 is 14.6 Å². The summed E-state index contributed by atoms with van der Waals surface area (Å²) >= 11 is 0. The highest BCUT2D eigenvalue weighted by molar-refractivity contribution is 5.94. The number of aryl methyl sites for hydroxylation is 1. The number of benzene rings is 1. The molecule has 2 atom stereocenters. The zero-order valence-electron chi connectivity index (χ0n) is 14.9. The number of amides is 1. The Balaban J connectivity index is 1.88. The predicted molar refractivity (Wildman–Crippen MR) is 96.6 cm³/mol. The highest BCUT2D eigenvalue weighted by Gasteiger charge is 2.33. The van der Waals surface area contributed by atoms with E-state index in [-0.39, 0.29) is 23.7 Å². The molecule has 1 saturated heterocycles. The van der Waals surface area contributed by atoms with Gasteiger partial charge in [0.15, 0.2) is 0 Å². The summed E-state index contributed by atoms with van der Waals surface area (Å²) < 4.78 is 6.24. The number of pyridine rings is 1. The van der Waals surface area contributed by atoms with Crippen LogP contribution in [0.1, 0.15) is 41.6 Å². The van der Waals surface area contributed by atoms with Crippen LogP contribution in [0.2, 0.25) is 0 Å². The molecular formula is C20H24N2O3. The molecule has 2 unspecified atom stereocenters. The third-order valence-electron chi connectivity index (χ3n) is 4.55. The van der Waals surface area contributed by atoms with Crippen LogP contribution >= 0.6 is 0 Å². The van der Waals surface area contributed by atoms with Crippen molar-refractivity contribution in [2.45, 2.75) is 33.0 Å². The van der Waals surface area contributed by atoms with Crippen LogP contribution in [0.15, 0.2) is 47.3 Å². The fraction of sp³-hybridized carbons (Fsp3) is 0.400. The fourth-order valence-corrected chi connectivity index (χ4v) is 3.16. The van der Waals surface area contributed by atoms with E-state index >= 15 is 0 Å². The molecule has 2 heterocycles. The Hall–Kier alpha value is -2.40. The Kier molecular flexibility index (Phi) is 5.04. The molecule has 2 aromatic rings. The lowest BCUT2D eigenvalue weighted by Crippen LogP contribution is -2.48. The molecule has 0 spiro atoms. The maximum Gasteiger partial charge on any atom is 0.254 e. The Bertz CT molecular complexity index is 798. The molecule has 0 bridgehead atoms. The number of morpholine rings is 1. The lowest BCUT2D eigenvalue weighted by Gasteiger charge is -2.40. The second-order valence-corrected chi connectivity index (χ2v) is 6.94. The average molecular weight is 340 g/mol. The van der Waals surface area contributed by atoms with E-state index in [0.717, 1.165) is 5.56 Å². The van der Waals surface area contributed by atoms with Gasteiger partial charge in [-0.2, -0.15) is 0 Å². The summed E-state index contributed by atoms with van der Waals surface area (Å²) in [5.41, 5.74) is 1.92. The van der Waals surface area contributed by atoms with E-state index < -0.39 is 0 Å². The summed E-state index contributed by atoms with van der Waals surface area (Å²) in [6, 6.07) is 13.1. The predicted octanol–water partition coefficient (Wildman–Crippen LogP) is 2.92. The number of ether oxygens (including phenoxy) is 1. The first kappa shape index (κ1) is 17.4. The van der Waals surface area contributed by atoms with Crippen molar-refractivity contribution < 1.29 is 9.53 Å². The second-order valence-electron chi connectivity index (χ2n) is 6.94. The first-order valence-corrected chi connectivity index (χ1v) is 8.64. The third-order valence-corrected chi connectivity index (χ3v) is 4.55. The number of hydrogen-bond acceptors (Lipinski definition) is 3. The molecular weight excluding hydrogens is 316 g/mol. The van der Waals surface area contributed by atoms with Gasteiger partial charge in [0, 0.05) is 23.9 Å². The van der Waals surface area contributed by atoms with Gasteiger partial charge >= 0.3 is 0 Å². The maximum atomic E-state index is 13.0. The Morgan fingerprint density at radius 2 is 1.92 bits per heavy atom. The number of carbonyl (C=O) groups excluding carboxylic acids is 1. The topological polar surface area (TPSA) is 62.4 Å². The molecule has 5 nitrogen and oxygen atoms in total. The Morgan fingerprint density at radius 3 is 2.56 bits per heavy atom. The number of carbonyl (C=O) groups is 1. The van der Waals surface area contributed by atoms with Crippen LogP contribution in [0.3, 0.4) is 0 Å². The monoisotopic (exact) mass is 340 g/mol. The largest absolute Gasteiger partial charge is 0.366 e. The zero-order chi connectivity index (χ0) is 18.0. The summed E-state index contributed by atoms with van der Waals surface area (Å²) in [6.07, 6.45) is -0.194. The SMILES string of the molecule is Cc1cc(C(=O)N2CC(c3ccccc3)OC(C(C)C)C2)cc(=O)[nH]1. The van der Waals surface area contributed by atoms with E-state index in [9.17, 15) is 9.59 Å². The maximum absolute atomic E-state index is 13.0. The standard InChI is InChI=1S/C20H24N2O3/c1-13(2)17-11-22(12-18(25-17)15-7-5-4-6-8-15)20(24)16-9-14(3)21-19(23)10-16/h4-10,13,17-18H,11-12H2,1-3H3,(H,21,23). The quantitative estimate of drug-likeness (QED) is 0.934. The van der Waals surface area contributed by atoms with Crippen LogP contribution in [0.4, 0.5) is 0 Å². The molecule has 3 rings (SSSR count). The smallest absolute Gasteiger partial charge is 0.254 e. The summed E-state index contributed by atoms with van der Waals surface area (Å²) in [4.78, 5) is 29.2. The van der Waals surface area contributed by atoms with E-state index in [1.807, 2.05) is 30.3 Å². The number of H-pyrrole nitrogens is 1. The molecule has 1 fully saturated rings.